The van der Waals surface area contributed by atoms with E-state index in [2.05, 4.69) is 0 Å². The Kier molecular flexibility index (Phi) is 5.40. The van der Waals surface area contributed by atoms with E-state index in [-0.39, 0.29) is 17.9 Å². The van der Waals surface area contributed by atoms with Gasteiger partial charge in [-0.15, -0.1) is 0 Å². The topological polar surface area (TPSA) is 78.7 Å². The van der Waals surface area contributed by atoms with Crippen LogP contribution in [0, 0.1) is 15.9 Å². The minimum absolute atomic E-state index is 0.146. The van der Waals surface area contributed by atoms with Gasteiger partial charge < -0.3 is 9.47 Å². The Morgan fingerprint density at radius 1 is 1.48 bits per heavy atom. The van der Waals surface area contributed by atoms with E-state index in [4.69, 9.17) is 9.47 Å². The van der Waals surface area contributed by atoms with E-state index in [9.17, 15) is 19.3 Å². The number of halogens is 1. The monoisotopic (exact) mass is 297 g/mol. The van der Waals surface area contributed by atoms with Crippen LogP contribution in [0.4, 0.5) is 4.39 Å². The lowest BCUT2D eigenvalue weighted by molar-refractivity contribution is -0.400. The molecule has 1 rings (SSSR count). The van der Waals surface area contributed by atoms with E-state index in [0.717, 1.165) is 18.2 Å². The van der Waals surface area contributed by atoms with E-state index in [1.165, 1.54) is 19.9 Å². The van der Waals surface area contributed by atoms with Crippen LogP contribution in [0.3, 0.4) is 0 Å². The fraction of sp³-hybridized carbons (Fsp3) is 0.357. The van der Waals surface area contributed by atoms with Crippen molar-refractivity contribution in [2.75, 3.05) is 6.61 Å². The molecule has 7 heteroatoms. The fourth-order valence-electron chi connectivity index (χ4n) is 1.51. The van der Waals surface area contributed by atoms with Gasteiger partial charge in [0.25, 0.3) is 0 Å². The van der Waals surface area contributed by atoms with E-state index in [1.54, 1.807) is 6.92 Å². The first-order valence-electron chi connectivity index (χ1n) is 6.23. The number of hydrogen-bond acceptors (Lipinski definition) is 5. The van der Waals surface area contributed by atoms with Crippen molar-refractivity contribution in [2.45, 2.75) is 26.4 Å². The van der Waals surface area contributed by atoms with Crippen molar-refractivity contribution in [3.05, 3.63) is 45.9 Å². The summed E-state index contributed by atoms with van der Waals surface area (Å²) in [5.74, 6) is -1.01. The summed E-state index contributed by atoms with van der Waals surface area (Å²) in [5, 5.41) is 10.4. The SMILES string of the molecule is CCOC(=O)C(C)(C)Oc1ccc(F)cc1/C=C/[N+](=O)[O-]. The van der Waals surface area contributed by atoms with E-state index < -0.39 is 22.3 Å². The van der Waals surface area contributed by atoms with Crippen LogP contribution < -0.4 is 4.74 Å². The third-order valence-corrected chi connectivity index (χ3v) is 2.48. The molecule has 0 fully saturated rings. The highest BCUT2D eigenvalue weighted by Crippen LogP contribution is 2.26. The second-order valence-electron chi connectivity index (χ2n) is 4.62. The van der Waals surface area contributed by atoms with Crippen molar-refractivity contribution in [2.24, 2.45) is 0 Å². The third kappa shape index (κ3) is 4.87. The zero-order valence-corrected chi connectivity index (χ0v) is 12.0. The number of nitro groups is 1. The number of esters is 1. The summed E-state index contributed by atoms with van der Waals surface area (Å²) in [6.07, 6.45) is 1.76. The van der Waals surface area contributed by atoms with Crippen molar-refractivity contribution in [1.29, 1.82) is 0 Å². The zero-order valence-electron chi connectivity index (χ0n) is 12.0. The van der Waals surface area contributed by atoms with Crippen molar-refractivity contribution in [3.8, 4) is 5.75 Å². The molecular weight excluding hydrogens is 281 g/mol. The maximum atomic E-state index is 13.2. The molecule has 0 spiro atoms. The molecule has 0 aliphatic rings. The molecule has 1 aromatic carbocycles. The number of carbonyl (C=O) groups is 1. The Morgan fingerprint density at radius 3 is 2.71 bits per heavy atom. The summed E-state index contributed by atoms with van der Waals surface area (Å²) in [6, 6.07) is 3.52. The van der Waals surface area contributed by atoms with Crippen molar-refractivity contribution >= 4 is 12.0 Å². The summed E-state index contributed by atoms with van der Waals surface area (Å²) in [6.45, 7) is 4.85. The number of ether oxygens (including phenoxy) is 2. The molecule has 0 aromatic heterocycles. The summed E-state index contributed by atoms with van der Waals surface area (Å²) >= 11 is 0. The van der Waals surface area contributed by atoms with Gasteiger partial charge in [0.05, 0.1) is 11.5 Å². The normalized spacial score (nSPS) is 11.4. The van der Waals surface area contributed by atoms with Gasteiger partial charge >= 0.3 is 5.97 Å². The highest BCUT2D eigenvalue weighted by molar-refractivity contribution is 5.79. The molecule has 0 aliphatic carbocycles. The smallest absolute Gasteiger partial charge is 0.349 e. The lowest BCUT2D eigenvalue weighted by atomic mass is 10.1. The lowest BCUT2D eigenvalue weighted by Gasteiger charge is -2.25. The minimum Gasteiger partial charge on any atom is -0.476 e. The molecule has 0 N–H and O–H groups in total. The molecule has 0 unspecified atom stereocenters. The maximum Gasteiger partial charge on any atom is 0.349 e. The first-order valence-corrected chi connectivity index (χ1v) is 6.23. The van der Waals surface area contributed by atoms with Crippen LogP contribution in [0.2, 0.25) is 0 Å². The Balaban J connectivity index is 3.07. The van der Waals surface area contributed by atoms with E-state index >= 15 is 0 Å². The van der Waals surface area contributed by atoms with Gasteiger partial charge in [0.1, 0.15) is 11.6 Å². The van der Waals surface area contributed by atoms with Crippen LogP contribution in [0.5, 0.6) is 5.75 Å². The van der Waals surface area contributed by atoms with Gasteiger partial charge in [0.15, 0.2) is 5.60 Å². The second-order valence-corrected chi connectivity index (χ2v) is 4.62. The molecule has 0 heterocycles. The molecule has 0 saturated carbocycles. The van der Waals surface area contributed by atoms with Crippen LogP contribution in [0.1, 0.15) is 26.3 Å². The zero-order chi connectivity index (χ0) is 16.0. The molecule has 21 heavy (non-hydrogen) atoms. The number of hydrogen-bond donors (Lipinski definition) is 0. The molecule has 0 saturated heterocycles. The first-order chi connectivity index (χ1) is 9.76. The quantitative estimate of drug-likeness (QED) is 0.458. The molecule has 1 aromatic rings. The Morgan fingerprint density at radius 2 is 2.14 bits per heavy atom. The molecule has 0 atom stereocenters. The van der Waals surface area contributed by atoms with Gasteiger partial charge in [0, 0.05) is 11.6 Å². The van der Waals surface area contributed by atoms with Crippen molar-refractivity contribution < 1.29 is 23.6 Å². The minimum atomic E-state index is -1.30. The highest BCUT2D eigenvalue weighted by atomic mass is 19.1. The van der Waals surface area contributed by atoms with Crippen LogP contribution in [0.25, 0.3) is 6.08 Å². The number of rotatable bonds is 6. The Labute approximate surface area is 121 Å². The number of carbonyl (C=O) groups excluding carboxylic acids is 1. The van der Waals surface area contributed by atoms with Crippen LogP contribution in [-0.4, -0.2) is 23.1 Å². The van der Waals surface area contributed by atoms with Crippen LogP contribution in [-0.2, 0) is 9.53 Å². The Bertz CT molecular complexity index is 568. The molecule has 0 amide bonds. The van der Waals surface area contributed by atoms with E-state index in [1.807, 2.05) is 0 Å². The second kappa shape index (κ2) is 6.83. The van der Waals surface area contributed by atoms with Gasteiger partial charge in [-0.3, -0.25) is 10.1 Å². The third-order valence-electron chi connectivity index (χ3n) is 2.48. The number of benzene rings is 1. The summed E-state index contributed by atoms with van der Waals surface area (Å²) in [5.41, 5.74) is -1.14. The molecule has 0 aliphatic heterocycles. The molecular formula is C14H16FNO5. The standard InChI is InChI=1S/C14H16FNO5/c1-4-20-13(17)14(2,3)21-12-6-5-11(15)9-10(12)7-8-16(18)19/h5-9H,4H2,1-3H3/b8-7+. The van der Waals surface area contributed by atoms with Gasteiger partial charge in [-0.2, -0.15) is 0 Å². The summed E-state index contributed by atoms with van der Waals surface area (Å²) < 4.78 is 23.6. The lowest BCUT2D eigenvalue weighted by Crippen LogP contribution is -2.39. The predicted octanol–water partition coefficient (Wildman–Crippen LogP) is 2.79. The van der Waals surface area contributed by atoms with Crippen LogP contribution >= 0.6 is 0 Å². The van der Waals surface area contributed by atoms with Crippen molar-refractivity contribution in [3.63, 3.8) is 0 Å². The molecule has 0 bridgehead atoms. The average Bonchev–Trinajstić information content (AvgIpc) is 2.39. The number of nitrogens with zero attached hydrogens (tertiary/aromatic N) is 1. The Hall–Kier alpha value is -2.44. The molecule has 0 radical (unpaired) electrons. The summed E-state index contributed by atoms with van der Waals surface area (Å²) in [4.78, 5) is 21.4. The van der Waals surface area contributed by atoms with E-state index in [0.29, 0.717) is 6.20 Å². The van der Waals surface area contributed by atoms with Gasteiger partial charge in [-0.1, -0.05) is 0 Å². The van der Waals surface area contributed by atoms with Gasteiger partial charge in [0.2, 0.25) is 6.20 Å². The highest BCUT2D eigenvalue weighted by Gasteiger charge is 2.32. The molecule has 6 nitrogen and oxygen atoms in total. The first kappa shape index (κ1) is 16.6. The maximum absolute atomic E-state index is 13.2. The average molecular weight is 297 g/mol. The fourth-order valence-corrected chi connectivity index (χ4v) is 1.51. The summed E-state index contributed by atoms with van der Waals surface area (Å²) in [7, 11) is 0. The van der Waals surface area contributed by atoms with Gasteiger partial charge in [-0.25, -0.2) is 9.18 Å². The predicted molar refractivity (Wildman–Crippen MR) is 73.8 cm³/mol. The molecule has 114 valence electrons. The van der Waals surface area contributed by atoms with Crippen molar-refractivity contribution in [1.82, 2.24) is 0 Å². The largest absolute Gasteiger partial charge is 0.476 e. The van der Waals surface area contributed by atoms with Crippen LogP contribution in [0.15, 0.2) is 24.4 Å². The van der Waals surface area contributed by atoms with Gasteiger partial charge in [-0.05, 0) is 39.0 Å².